The number of hydrogen-bond acceptors (Lipinski definition) is 0. The van der Waals surface area contributed by atoms with Gasteiger partial charge in [-0.3, -0.25) is 6.08 Å². The van der Waals surface area contributed by atoms with E-state index in [9.17, 15) is 0 Å². The second-order valence-electron chi connectivity index (χ2n) is 15.0. The monoisotopic (exact) mass is 838 g/mol. The summed E-state index contributed by atoms with van der Waals surface area (Å²) in [5.41, 5.74) is 14.6. The van der Waals surface area contributed by atoms with Crippen molar-refractivity contribution in [1.82, 2.24) is 0 Å². The Hall–Kier alpha value is -4.00. The zero-order chi connectivity index (χ0) is 38.3. The molecule has 0 unspecified atom stereocenters. The van der Waals surface area contributed by atoms with Crippen molar-refractivity contribution >= 4 is 29.0 Å². The molecule has 55 heavy (non-hydrogen) atoms. The van der Waals surface area contributed by atoms with Gasteiger partial charge in [0.1, 0.15) is 0 Å². The summed E-state index contributed by atoms with van der Waals surface area (Å²) in [5.74, 6) is 0. The van der Waals surface area contributed by atoms with Crippen molar-refractivity contribution in [2.45, 2.75) is 65.2 Å². The van der Waals surface area contributed by atoms with Crippen molar-refractivity contribution in [3.8, 4) is 33.4 Å². The van der Waals surface area contributed by atoms with Crippen molar-refractivity contribution in [2.24, 2.45) is 0 Å². The molecular weight excluding hydrogens is 787 g/mol. The minimum Gasteiger partial charge on any atom is -0.184 e. The van der Waals surface area contributed by atoms with Gasteiger partial charge in [0.25, 0.3) is 0 Å². The predicted molar refractivity (Wildman–Crippen MR) is 241 cm³/mol. The van der Waals surface area contributed by atoms with E-state index >= 15 is 0 Å². The molecule has 0 spiro atoms. The molecule has 6 aromatic rings. The van der Waals surface area contributed by atoms with Crippen LogP contribution >= 0.6 is 24.8 Å². The first-order valence-electron chi connectivity index (χ1n) is 18.3. The summed E-state index contributed by atoms with van der Waals surface area (Å²) in [6.07, 6.45) is 10.9. The molecule has 0 amide bonds. The van der Waals surface area contributed by atoms with Crippen molar-refractivity contribution in [2.75, 3.05) is 0 Å². The van der Waals surface area contributed by atoms with E-state index in [0.29, 0.717) is 0 Å². The van der Waals surface area contributed by atoms with Crippen LogP contribution in [0.1, 0.15) is 75.8 Å². The van der Waals surface area contributed by atoms with Crippen LogP contribution in [-0.2, 0) is 41.5 Å². The van der Waals surface area contributed by atoms with E-state index in [1.54, 1.807) is 0 Å². The molecule has 0 aliphatic heterocycles. The van der Waals surface area contributed by atoms with Gasteiger partial charge in [-0.15, -0.1) is 72.2 Å². The van der Waals surface area contributed by atoms with Gasteiger partial charge in [0.05, 0.1) is 0 Å². The molecule has 0 nitrogen and oxygen atoms in total. The molecule has 0 heterocycles. The SMILES string of the molecule is CC(C)(C)c1cc2c([c-]c1-c1ccccc1)Cc1cc(-c3ccccc3)c(C(C)(C)C)cc1-2.Cl.Cl.[C-]1=CC=CC1.[CH2-]c1ccccc1.[CH2]=[Zr].[c-]1ccccc1. The average Bonchev–Trinajstić information content (AvgIpc) is 3.88. The molecule has 0 atom stereocenters. The molecule has 0 aromatic heterocycles. The van der Waals surface area contributed by atoms with Gasteiger partial charge < -0.3 is 0 Å². The maximum Gasteiger partial charge on any atom is -0.171 e. The van der Waals surface area contributed by atoms with Crippen molar-refractivity contribution in [1.29, 1.82) is 0 Å². The summed E-state index contributed by atoms with van der Waals surface area (Å²) in [7, 11) is 0. The van der Waals surface area contributed by atoms with E-state index < -0.39 is 0 Å². The molecule has 0 bridgehead atoms. The van der Waals surface area contributed by atoms with E-state index in [-0.39, 0.29) is 35.6 Å². The summed E-state index contributed by atoms with van der Waals surface area (Å²) in [6.45, 7) is 17.6. The molecule has 0 fully saturated rings. The largest absolute Gasteiger partial charge is 0.184 e. The van der Waals surface area contributed by atoms with E-state index in [4.69, 9.17) is 0 Å². The summed E-state index contributed by atoms with van der Waals surface area (Å²) in [5, 5.41) is 0. The van der Waals surface area contributed by atoms with Crippen LogP contribution in [0.4, 0.5) is 0 Å². The van der Waals surface area contributed by atoms with E-state index in [1.165, 1.54) is 79.9 Å². The number of rotatable bonds is 2. The summed E-state index contributed by atoms with van der Waals surface area (Å²) in [4.78, 5) is 0. The Morgan fingerprint density at radius 1 is 0.600 bits per heavy atom. The van der Waals surface area contributed by atoms with E-state index in [1.807, 2.05) is 72.8 Å². The molecule has 0 saturated carbocycles. The van der Waals surface area contributed by atoms with Crippen LogP contribution in [0.25, 0.3) is 33.4 Å². The van der Waals surface area contributed by atoms with Crippen molar-refractivity contribution < 1.29 is 24.2 Å². The summed E-state index contributed by atoms with van der Waals surface area (Å²) < 4.78 is 3.34. The van der Waals surface area contributed by atoms with E-state index in [2.05, 4.69) is 156 Å². The molecule has 0 N–H and O–H groups in total. The Labute approximate surface area is 360 Å². The minimum atomic E-state index is 0. The maximum absolute atomic E-state index is 3.88. The first-order chi connectivity index (χ1) is 25.5. The predicted octanol–water partition coefficient (Wildman–Crippen LogP) is 14.5. The smallest absolute Gasteiger partial charge is 0.171 e. The third kappa shape index (κ3) is 13.9. The zero-order valence-electron chi connectivity index (χ0n) is 33.2. The summed E-state index contributed by atoms with van der Waals surface area (Å²) in [6, 6.07) is 55.2. The zero-order valence-corrected chi connectivity index (χ0v) is 37.2. The van der Waals surface area contributed by atoms with Gasteiger partial charge in [-0.25, -0.2) is 12.2 Å². The third-order valence-corrected chi connectivity index (χ3v) is 8.86. The topological polar surface area (TPSA) is 0 Å². The molecule has 8 rings (SSSR count). The van der Waals surface area contributed by atoms with Gasteiger partial charge in [-0.2, -0.15) is 67.1 Å². The quantitative estimate of drug-likeness (QED) is 0.152. The second kappa shape index (κ2) is 23.2. The van der Waals surface area contributed by atoms with Crippen LogP contribution in [0.2, 0.25) is 0 Å². The first-order valence-corrected chi connectivity index (χ1v) is 20.0. The van der Waals surface area contributed by atoms with Crippen LogP contribution in [0.3, 0.4) is 0 Å². The van der Waals surface area contributed by atoms with E-state index in [0.717, 1.165) is 18.4 Å². The second-order valence-corrected chi connectivity index (χ2v) is 15.0. The van der Waals surface area contributed by atoms with Gasteiger partial charge in [0, 0.05) is 0 Å². The molecule has 0 saturated heterocycles. The van der Waals surface area contributed by atoms with Gasteiger partial charge in [0.2, 0.25) is 0 Å². The minimum absolute atomic E-state index is 0. The molecule has 6 aromatic carbocycles. The van der Waals surface area contributed by atoms with Gasteiger partial charge in [-0.1, -0.05) is 137 Å². The molecule has 0 radical (unpaired) electrons. The van der Waals surface area contributed by atoms with Crippen molar-refractivity contribution in [3.05, 3.63) is 211 Å². The maximum atomic E-state index is 3.88. The average molecular weight is 841 g/mol. The normalized spacial score (nSPS) is 11.4. The van der Waals surface area contributed by atoms with Crippen LogP contribution < -0.4 is 0 Å². The van der Waals surface area contributed by atoms with Gasteiger partial charge >= 0.3 is 28.4 Å². The van der Waals surface area contributed by atoms with Crippen molar-refractivity contribution in [3.63, 3.8) is 0 Å². The Balaban J connectivity index is 0.000000386. The fourth-order valence-corrected chi connectivity index (χ4v) is 6.26. The Bertz CT molecular complexity index is 1910. The van der Waals surface area contributed by atoms with Gasteiger partial charge in [0.15, 0.2) is 0 Å². The molecular formula is C52H54Cl2Zr-4. The fourth-order valence-electron chi connectivity index (χ4n) is 6.26. The Kier molecular flexibility index (Phi) is 19.9. The Morgan fingerprint density at radius 2 is 1.11 bits per heavy atom. The number of halogens is 2. The number of allylic oxidation sites excluding steroid dienone is 4. The third-order valence-electron chi connectivity index (χ3n) is 8.86. The first kappa shape index (κ1) is 47.2. The van der Waals surface area contributed by atoms with Crippen LogP contribution in [0.5, 0.6) is 0 Å². The molecule has 2 aliphatic carbocycles. The van der Waals surface area contributed by atoms with Crippen LogP contribution in [0.15, 0.2) is 158 Å². The van der Waals surface area contributed by atoms with Crippen LogP contribution in [0, 0.1) is 25.1 Å². The number of hydrogen-bond donors (Lipinski definition) is 0. The van der Waals surface area contributed by atoms with Gasteiger partial charge in [-0.05, 0) is 39.5 Å². The molecule has 2 aliphatic rings. The standard InChI is InChI=1S/C33H33.C7H7.C6H5.C5H5.CH2.2ClH.Zr/c1-32(2,3)30-20-26-24(18-28(30)22-13-9-7-10-14-22)17-25-19-29(23-15-11-8-12-16-23)31(21-27(25)26)33(4,5)6;1-7-5-3-2-4-6-7;1-2-4-6-5-3-1;1-2-4-5-3-1;;;;/h7-16,18,20-21H,17H2,1-6H3;2-6H,1H2;1-5H;1-3H,4H2;1H2;2*1H;/q4*-1;;;;. The number of fused-ring (bicyclic) bond motifs is 3. The fraction of sp³-hybridized carbons (Fsp3) is 0.192. The number of benzene rings is 6. The Morgan fingerprint density at radius 3 is 1.51 bits per heavy atom. The molecule has 284 valence electrons. The van der Waals surface area contributed by atoms with Crippen LogP contribution in [-0.4, -0.2) is 4.21 Å². The molecule has 3 heteroatoms. The summed E-state index contributed by atoms with van der Waals surface area (Å²) >= 11 is 1.30.